The largest absolute Gasteiger partial charge is 0.324 e. The first-order valence-electron chi connectivity index (χ1n) is 6.24. The molecule has 20 heavy (non-hydrogen) atoms. The van der Waals surface area contributed by atoms with Gasteiger partial charge in [0.1, 0.15) is 12.4 Å². The highest BCUT2D eigenvalue weighted by molar-refractivity contribution is 7.10. The number of fused-ring (bicyclic) bond motifs is 1. The quantitative estimate of drug-likeness (QED) is 0.784. The Labute approximate surface area is 119 Å². The minimum Gasteiger partial charge on any atom is -0.324 e. The number of rotatable bonds is 2. The minimum absolute atomic E-state index is 0.0731. The van der Waals surface area contributed by atoms with E-state index in [1.54, 1.807) is 23.9 Å². The number of hydrogen-bond acceptors (Lipinski definition) is 5. The molecule has 1 aliphatic rings. The molecule has 1 N–H and O–H groups in total. The van der Waals surface area contributed by atoms with Gasteiger partial charge in [-0.3, -0.25) is 4.98 Å². The van der Waals surface area contributed by atoms with E-state index in [4.69, 9.17) is 0 Å². The summed E-state index contributed by atoms with van der Waals surface area (Å²) in [6.45, 7) is 0. The number of thiophene rings is 1. The molecule has 6 heteroatoms. The average Bonchev–Trinajstić information content (AvgIpc) is 3.18. The molecule has 5 nitrogen and oxygen atoms in total. The number of nitrogens with zero attached hydrogens (tertiary/aromatic N) is 4. The molecule has 1 atom stereocenters. The zero-order chi connectivity index (χ0) is 13.4. The number of anilines is 1. The molecule has 0 bridgehead atoms. The van der Waals surface area contributed by atoms with Crippen LogP contribution >= 0.6 is 11.3 Å². The molecule has 0 aliphatic carbocycles. The van der Waals surface area contributed by atoms with Crippen LogP contribution in [0, 0.1) is 0 Å². The van der Waals surface area contributed by atoms with Crippen molar-refractivity contribution in [3.8, 4) is 0 Å². The maximum absolute atomic E-state index is 4.31. The summed E-state index contributed by atoms with van der Waals surface area (Å²) < 4.78 is 1.89. The SMILES string of the molecule is C1=C(c2cccnc2)Nc2ncnn2[C@H]1c1cccs1. The summed E-state index contributed by atoms with van der Waals surface area (Å²) in [6.07, 6.45) is 7.34. The minimum atomic E-state index is 0.0731. The van der Waals surface area contributed by atoms with Gasteiger partial charge in [0.2, 0.25) is 5.95 Å². The molecule has 4 heterocycles. The Bertz CT molecular complexity index is 745. The Kier molecular flexibility index (Phi) is 2.60. The number of hydrogen-bond donors (Lipinski definition) is 1. The third-order valence-corrected chi connectivity index (χ3v) is 4.16. The van der Waals surface area contributed by atoms with Crippen molar-refractivity contribution in [2.75, 3.05) is 5.32 Å². The van der Waals surface area contributed by atoms with Gasteiger partial charge in [-0.2, -0.15) is 10.1 Å². The Morgan fingerprint density at radius 2 is 2.25 bits per heavy atom. The molecule has 98 valence electrons. The Balaban J connectivity index is 1.83. The fourth-order valence-electron chi connectivity index (χ4n) is 2.29. The van der Waals surface area contributed by atoms with E-state index >= 15 is 0 Å². The lowest BCUT2D eigenvalue weighted by Gasteiger charge is -2.23. The van der Waals surface area contributed by atoms with Crippen LogP contribution in [0.3, 0.4) is 0 Å². The van der Waals surface area contributed by atoms with Gasteiger partial charge in [-0.15, -0.1) is 11.3 Å². The smallest absolute Gasteiger partial charge is 0.226 e. The van der Waals surface area contributed by atoms with Crippen LogP contribution in [0.5, 0.6) is 0 Å². The van der Waals surface area contributed by atoms with Crippen LogP contribution < -0.4 is 5.32 Å². The lowest BCUT2D eigenvalue weighted by Crippen LogP contribution is -2.19. The zero-order valence-electron chi connectivity index (χ0n) is 10.5. The monoisotopic (exact) mass is 281 g/mol. The lowest BCUT2D eigenvalue weighted by atomic mass is 10.1. The summed E-state index contributed by atoms with van der Waals surface area (Å²) in [7, 11) is 0. The van der Waals surface area contributed by atoms with Crippen molar-refractivity contribution in [2.24, 2.45) is 0 Å². The maximum atomic E-state index is 4.31. The summed E-state index contributed by atoms with van der Waals surface area (Å²) in [4.78, 5) is 9.68. The van der Waals surface area contributed by atoms with E-state index in [-0.39, 0.29) is 6.04 Å². The van der Waals surface area contributed by atoms with Gasteiger partial charge in [-0.25, -0.2) is 4.68 Å². The van der Waals surface area contributed by atoms with Crippen LogP contribution in [0.4, 0.5) is 5.95 Å². The van der Waals surface area contributed by atoms with Gasteiger partial charge in [0.05, 0.1) is 0 Å². The van der Waals surface area contributed by atoms with Crippen molar-refractivity contribution in [2.45, 2.75) is 6.04 Å². The number of pyridine rings is 1. The Hall–Kier alpha value is -2.47. The molecule has 3 aromatic rings. The van der Waals surface area contributed by atoms with E-state index in [0.29, 0.717) is 0 Å². The summed E-state index contributed by atoms with van der Waals surface area (Å²) in [5.41, 5.74) is 2.06. The van der Waals surface area contributed by atoms with Gasteiger partial charge in [0, 0.05) is 28.5 Å². The molecule has 0 fully saturated rings. The summed E-state index contributed by atoms with van der Waals surface area (Å²) in [5, 5.41) is 9.69. The first kappa shape index (κ1) is 11.4. The molecule has 0 radical (unpaired) electrons. The van der Waals surface area contributed by atoms with Gasteiger partial charge in [0.15, 0.2) is 0 Å². The van der Waals surface area contributed by atoms with Gasteiger partial charge >= 0.3 is 0 Å². The summed E-state index contributed by atoms with van der Waals surface area (Å²) in [5.74, 6) is 0.754. The summed E-state index contributed by atoms with van der Waals surface area (Å²) >= 11 is 1.72. The van der Waals surface area contributed by atoms with Crippen molar-refractivity contribution in [1.82, 2.24) is 19.7 Å². The van der Waals surface area contributed by atoms with E-state index in [9.17, 15) is 0 Å². The van der Waals surface area contributed by atoms with E-state index in [1.165, 1.54) is 4.88 Å². The van der Waals surface area contributed by atoms with Gasteiger partial charge in [-0.1, -0.05) is 6.07 Å². The second-order valence-corrected chi connectivity index (χ2v) is 5.41. The van der Waals surface area contributed by atoms with E-state index in [0.717, 1.165) is 17.2 Å². The molecule has 0 unspecified atom stereocenters. The van der Waals surface area contributed by atoms with Crippen LogP contribution in [0.15, 0.2) is 54.4 Å². The lowest BCUT2D eigenvalue weighted by molar-refractivity contribution is 0.620. The predicted octanol–water partition coefficient (Wildman–Crippen LogP) is 2.79. The van der Waals surface area contributed by atoms with Gasteiger partial charge in [-0.05, 0) is 29.7 Å². The molecule has 0 spiro atoms. The molecule has 0 amide bonds. The van der Waals surface area contributed by atoms with Crippen LogP contribution in [0.25, 0.3) is 5.70 Å². The van der Waals surface area contributed by atoms with Crippen molar-refractivity contribution in [1.29, 1.82) is 0 Å². The van der Waals surface area contributed by atoms with Gasteiger partial charge < -0.3 is 5.32 Å². The van der Waals surface area contributed by atoms with Crippen LogP contribution in [-0.4, -0.2) is 19.7 Å². The van der Waals surface area contributed by atoms with E-state index < -0.39 is 0 Å². The normalized spacial score (nSPS) is 17.2. The molecule has 0 aromatic carbocycles. The number of aromatic nitrogens is 4. The van der Waals surface area contributed by atoms with Gasteiger partial charge in [0.25, 0.3) is 0 Å². The first-order chi connectivity index (χ1) is 9.92. The molecule has 0 saturated carbocycles. The number of allylic oxidation sites excluding steroid dienone is 1. The highest BCUT2D eigenvalue weighted by Crippen LogP contribution is 2.33. The molecule has 0 saturated heterocycles. The second-order valence-electron chi connectivity index (χ2n) is 4.44. The first-order valence-corrected chi connectivity index (χ1v) is 7.12. The fraction of sp³-hybridized carbons (Fsp3) is 0.0714. The maximum Gasteiger partial charge on any atom is 0.226 e. The molecule has 1 aliphatic heterocycles. The van der Waals surface area contributed by atoms with Crippen molar-refractivity contribution in [3.05, 3.63) is 64.9 Å². The van der Waals surface area contributed by atoms with Crippen molar-refractivity contribution in [3.63, 3.8) is 0 Å². The molecule has 3 aromatic heterocycles. The summed E-state index contributed by atoms with van der Waals surface area (Å²) in [6, 6.07) is 8.20. The van der Waals surface area contributed by atoms with Crippen molar-refractivity contribution < 1.29 is 0 Å². The van der Waals surface area contributed by atoms with Crippen LogP contribution in [0.1, 0.15) is 16.5 Å². The Morgan fingerprint density at radius 3 is 3.05 bits per heavy atom. The van der Waals surface area contributed by atoms with Crippen LogP contribution in [0.2, 0.25) is 0 Å². The van der Waals surface area contributed by atoms with E-state index in [2.05, 4.69) is 44.0 Å². The highest BCUT2D eigenvalue weighted by Gasteiger charge is 2.23. The standard InChI is InChI=1S/C14H11N5S/c1-3-10(8-15-5-1)11-7-12(13-4-2-6-20-13)19-14(18-11)16-9-17-19/h1-9,12H,(H,16,17,18)/t12-/m1/s1. The van der Waals surface area contributed by atoms with Crippen molar-refractivity contribution >= 4 is 23.0 Å². The Morgan fingerprint density at radius 1 is 1.25 bits per heavy atom. The average molecular weight is 281 g/mol. The molecule has 4 rings (SSSR count). The predicted molar refractivity (Wildman–Crippen MR) is 78.3 cm³/mol. The third-order valence-electron chi connectivity index (χ3n) is 3.21. The highest BCUT2D eigenvalue weighted by atomic mass is 32.1. The van der Waals surface area contributed by atoms with Crippen LogP contribution in [-0.2, 0) is 0 Å². The topological polar surface area (TPSA) is 55.6 Å². The van der Waals surface area contributed by atoms with E-state index in [1.807, 2.05) is 23.0 Å². The molecular formula is C14H11N5S. The fourth-order valence-corrected chi connectivity index (χ4v) is 3.07. The third kappa shape index (κ3) is 1.81. The number of nitrogens with one attached hydrogen (secondary N) is 1. The molecular weight excluding hydrogens is 270 g/mol. The second kappa shape index (κ2) is 4.57. The zero-order valence-corrected chi connectivity index (χ0v) is 11.3.